The summed E-state index contributed by atoms with van der Waals surface area (Å²) >= 11 is -1.84. The SMILES string of the molecule is CCCCC#Cc1ccc2c3c(cccc13)C(=O)N(OSC(F)(F)C(F)(OF)C(F)(F)C(F)(F)F)C2=O. The van der Waals surface area contributed by atoms with Crippen LogP contribution in [0.5, 0.6) is 0 Å². The Kier molecular flexibility index (Phi) is 7.79. The minimum Gasteiger partial charge on any atom is -0.266 e. The second-order valence-electron chi connectivity index (χ2n) is 7.62. The molecule has 1 aliphatic heterocycles. The van der Waals surface area contributed by atoms with E-state index in [1.807, 2.05) is 6.92 Å². The van der Waals surface area contributed by atoms with E-state index in [-0.39, 0.29) is 16.5 Å². The molecule has 0 aliphatic carbocycles. The van der Waals surface area contributed by atoms with Gasteiger partial charge in [0.05, 0.1) is 11.1 Å². The Morgan fingerprint density at radius 1 is 0.946 bits per heavy atom. The predicted octanol–water partition coefficient (Wildman–Crippen LogP) is 6.91. The van der Waals surface area contributed by atoms with Crippen molar-refractivity contribution in [3.63, 3.8) is 0 Å². The van der Waals surface area contributed by atoms with Gasteiger partial charge in [-0.3, -0.25) is 9.59 Å². The largest absolute Gasteiger partial charge is 0.459 e. The molecule has 0 spiro atoms. The number of amides is 2. The van der Waals surface area contributed by atoms with Gasteiger partial charge in [0.25, 0.3) is 11.8 Å². The van der Waals surface area contributed by atoms with E-state index < -0.39 is 52.1 Å². The second-order valence-corrected chi connectivity index (χ2v) is 8.45. The topological polar surface area (TPSA) is 55.8 Å². The maximum Gasteiger partial charge on any atom is 0.459 e. The number of benzene rings is 2. The quantitative estimate of drug-likeness (QED) is 0.116. The summed E-state index contributed by atoms with van der Waals surface area (Å²) < 4.78 is 123. The summed E-state index contributed by atoms with van der Waals surface area (Å²) in [4.78, 5) is 27.3. The van der Waals surface area contributed by atoms with Crippen LogP contribution in [-0.4, -0.2) is 40.1 Å². The molecule has 0 saturated heterocycles. The highest BCUT2D eigenvalue weighted by atomic mass is 32.2. The number of carbonyl (C=O) groups is 2. The van der Waals surface area contributed by atoms with Gasteiger partial charge < -0.3 is 0 Å². The number of carbonyl (C=O) groups excluding carboxylic acids is 2. The van der Waals surface area contributed by atoms with Crippen molar-refractivity contribution in [2.45, 2.75) is 49.4 Å². The molecule has 0 bridgehead atoms. The van der Waals surface area contributed by atoms with Crippen LogP contribution in [0.2, 0.25) is 0 Å². The fourth-order valence-electron chi connectivity index (χ4n) is 3.27. The van der Waals surface area contributed by atoms with Gasteiger partial charge in [0, 0.05) is 17.4 Å². The van der Waals surface area contributed by atoms with E-state index >= 15 is 0 Å². The zero-order valence-corrected chi connectivity index (χ0v) is 19.2. The van der Waals surface area contributed by atoms with Gasteiger partial charge >= 0.3 is 23.2 Å². The van der Waals surface area contributed by atoms with Gasteiger partial charge in [0.2, 0.25) is 0 Å². The third kappa shape index (κ3) is 4.73. The highest BCUT2D eigenvalue weighted by Gasteiger charge is 2.84. The minimum atomic E-state index is -7.07. The van der Waals surface area contributed by atoms with Crippen LogP contribution in [0.1, 0.15) is 52.5 Å². The smallest absolute Gasteiger partial charge is 0.266 e. The van der Waals surface area contributed by atoms with Crippen LogP contribution in [0.3, 0.4) is 0 Å². The van der Waals surface area contributed by atoms with E-state index in [2.05, 4.69) is 16.1 Å². The number of nitrogens with zero attached hydrogens (tertiary/aromatic N) is 1. The molecule has 0 aromatic heterocycles. The summed E-state index contributed by atoms with van der Waals surface area (Å²) in [7, 11) is 0. The first-order valence-electron chi connectivity index (χ1n) is 10.2. The molecule has 1 aliphatic rings. The van der Waals surface area contributed by atoms with Crippen molar-refractivity contribution in [2.75, 3.05) is 0 Å². The minimum absolute atomic E-state index is 0.0481. The Balaban J connectivity index is 1.95. The normalized spacial score (nSPS) is 16.0. The molecule has 2 aromatic carbocycles. The van der Waals surface area contributed by atoms with Crippen molar-refractivity contribution in [1.29, 1.82) is 0 Å². The lowest BCUT2D eigenvalue weighted by Gasteiger charge is -2.35. The van der Waals surface area contributed by atoms with E-state index in [1.54, 1.807) is 4.94 Å². The van der Waals surface area contributed by atoms with Crippen LogP contribution in [0, 0.1) is 11.8 Å². The Bertz CT molecular complexity index is 1270. The molecule has 0 fully saturated rings. The second kappa shape index (κ2) is 10.1. The van der Waals surface area contributed by atoms with E-state index in [1.165, 1.54) is 18.2 Å². The predicted molar refractivity (Wildman–Crippen MR) is 112 cm³/mol. The van der Waals surface area contributed by atoms with Crippen molar-refractivity contribution < 1.29 is 58.5 Å². The van der Waals surface area contributed by atoms with Gasteiger partial charge in [-0.25, -0.2) is 0 Å². The fraction of sp³-hybridized carbons (Fsp3) is 0.364. The zero-order chi connectivity index (χ0) is 27.8. The summed E-state index contributed by atoms with van der Waals surface area (Å²) in [5.41, 5.74) is -0.187. The number of rotatable bonds is 8. The molecule has 1 unspecified atom stereocenters. The molecule has 0 N–H and O–H groups in total. The average Bonchev–Trinajstić information content (AvgIpc) is 2.83. The number of hydrogen-bond donors (Lipinski definition) is 0. The lowest BCUT2D eigenvalue weighted by atomic mass is 9.92. The molecule has 1 heterocycles. The molecule has 15 heteroatoms. The molecule has 37 heavy (non-hydrogen) atoms. The lowest BCUT2D eigenvalue weighted by molar-refractivity contribution is -0.458. The molecular formula is C22H14F9NO4S. The first kappa shape index (κ1) is 28.6. The lowest BCUT2D eigenvalue weighted by Crippen LogP contribution is -2.63. The standard InChI is InChI=1S/C22H14F9NO4S/c1-2-3-4-5-7-12-10-11-15-16-13(12)8-6-9-14(16)17(33)32(18(15)34)36-37-22(29,30)20(25,35-31)19(23,24)21(26,27)28/h6,8-11H,2-4H2,1H3. The van der Waals surface area contributed by atoms with Crippen molar-refractivity contribution in [3.8, 4) is 11.8 Å². The number of hydroxylamine groups is 2. The summed E-state index contributed by atoms with van der Waals surface area (Å²) in [5.74, 6) is -10.8. The summed E-state index contributed by atoms with van der Waals surface area (Å²) in [6, 6.07) is 6.55. The van der Waals surface area contributed by atoms with Crippen LogP contribution in [0.15, 0.2) is 30.3 Å². The number of imide groups is 1. The molecule has 3 rings (SSSR count). The van der Waals surface area contributed by atoms with Crippen LogP contribution >= 0.6 is 12.0 Å². The van der Waals surface area contributed by atoms with Crippen LogP contribution in [-0.2, 0) is 9.23 Å². The van der Waals surface area contributed by atoms with Gasteiger partial charge in [0.15, 0.2) is 0 Å². The fourth-order valence-corrected chi connectivity index (χ4v) is 3.84. The Labute approximate surface area is 206 Å². The Morgan fingerprint density at radius 3 is 2.14 bits per heavy atom. The Morgan fingerprint density at radius 2 is 1.57 bits per heavy atom. The summed E-state index contributed by atoms with van der Waals surface area (Å²) in [5, 5.41) is -6.17. The van der Waals surface area contributed by atoms with Gasteiger partial charge in [-0.2, -0.15) is 39.4 Å². The van der Waals surface area contributed by atoms with E-state index in [4.69, 9.17) is 0 Å². The molecule has 200 valence electrons. The van der Waals surface area contributed by atoms with Gasteiger partial charge in [-0.1, -0.05) is 37.3 Å². The maximum atomic E-state index is 14.1. The highest BCUT2D eigenvalue weighted by Crippen LogP contribution is 2.57. The van der Waals surface area contributed by atoms with Gasteiger partial charge in [-0.15, -0.1) is 10.0 Å². The monoisotopic (exact) mass is 559 g/mol. The number of halogens is 9. The van der Waals surface area contributed by atoms with Crippen LogP contribution < -0.4 is 0 Å². The number of alkyl halides is 8. The molecule has 0 radical (unpaired) electrons. The first-order chi connectivity index (χ1) is 17.1. The van der Waals surface area contributed by atoms with E-state index in [9.17, 15) is 49.2 Å². The van der Waals surface area contributed by atoms with Gasteiger partial charge in [0.1, 0.15) is 12.0 Å². The van der Waals surface area contributed by atoms with Crippen molar-refractivity contribution >= 4 is 34.6 Å². The number of hydrogen-bond acceptors (Lipinski definition) is 5. The number of unbranched alkanes of at least 4 members (excludes halogenated alkanes) is 2. The highest BCUT2D eigenvalue weighted by molar-refractivity contribution is 7.95. The van der Waals surface area contributed by atoms with Crippen LogP contribution in [0.4, 0.5) is 39.6 Å². The third-order valence-electron chi connectivity index (χ3n) is 5.21. The maximum absolute atomic E-state index is 14.1. The molecule has 0 saturated carbocycles. The van der Waals surface area contributed by atoms with Crippen LogP contribution in [0.25, 0.3) is 10.8 Å². The molecule has 5 nitrogen and oxygen atoms in total. The average molecular weight is 559 g/mol. The van der Waals surface area contributed by atoms with Crippen molar-refractivity contribution in [2.24, 2.45) is 0 Å². The van der Waals surface area contributed by atoms with Crippen molar-refractivity contribution in [1.82, 2.24) is 5.06 Å². The summed E-state index contributed by atoms with van der Waals surface area (Å²) in [6.07, 6.45) is -4.73. The summed E-state index contributed by atoms with van der Waals surface area (Å²) in [6.45, 7) is 1.96. The molecule has 2 amide bonds. The molecular weight excluding hydrogens is 545 g/mol. The van der Waals surface area contributed by atoms with Gasteiger partial charge in [-0.05, 0) is 34.5 Å². The van der Waals surface area contributed by atoms with E-state index in [0.29, 0.717) is 17.4 Å². The molecule has 2 aromatic rings. The third-order valence-corrected chi connectivity index (χ3v) is 5.90. The van der Waals surface area contributed by atoms with E-state index in [0.717, 1.165) is 25.0 Å². The molecule has 1 atom stereocenters. The van der Waals surface area contributed by atoms with Crippen molar-refractivity contribution in [3.05, 3.63) is 47.0 Å². The Hall–Kier alpha value is -2.96. The first-order valence-corrected chi connectivity index (χ1v) is 11.0. The zero-order valence-electron chi connectivity index (χ0n) is 18.4.